The molecule has 0 heterocycles. The highest BCUT2D eigenvalue weighted by molar-refractivity contribution is 7.89. The van der Waals surface area contributed by atoms with Crippen molar-refractivity contribution < 1.29 is 13.2 Å². The van der Waals surface area contributed by atoms with E-state index in [2.05, 4.69) is 10.6 Å². The second kappa shape index (κ2) is 8.03. The largest absolute Gasteiger partial charge is 0.327 e. The molecule has 7 heteroatoms. The first kappa shape index (κ1) is 18.6. The quantitative estimate of drug-likeness (QED) is 0.632. The van der Waals surface area contributed by atoms with Crippen molar-refractivity contribution in [1.29, 1.82) is 0 Å². The van der Waals surface area contributed by atoms with Crippen molar-refractivity contribution in [1.82, 2.24) is 5.32 Å². The monoisotopic (exact) mass is 381 g/mol. The van der Waals surface area contributed by atoms with E-state index >= 15 is 0 Å². The van der Waals surface area contributed by atoms with Crippen LogP contribution in [0, 0.1) is 0 Å². The van der Waals surface area contributed by atoms with E-state index in [1.165, 1.54) is 18.2 Å². The zero-order valence-electron chi connectivity index (χ0n) is 14.4. The number of anilines is 1. The maximum absolute atomic E-state index is 12.5. The van der Waals surface area contributed by atoms with Gasteiger partial charge in [0.15, 0.2) is 0 Å². The van der Waals surface area contributed by atoms with E-state index in [1.54, 1.807) is 6.07 Å². The maximum atomic E-state index is 12.5. The molecule has 3 aromatic carbocycles. The Hall–Kier alpha value is -3.16. The number of urea groups is 1. The fourth-order valence-electron chi connectivity index (χ4n) is 2.70. The molecule has 6 nitrogen and oxygen atoms in total. The van der Waals surface area contributed by atoms with Crippen LogP contribution in [-0.2, 0) is 10.0 Å². The van der Waals surface area contributed by atoms with Crippen molar-refractivity contribution in [2.24, 2.45) is 5.14 Å². The van der Waals surface area contributed by atoms with E-state index in [-0.39, 0.29) is 10.9 Å². The minimum atomic E-state index is -3.84. The Kier molecular flexibility index (Phi) is 5.54. The molecule has 0 unspecified atom stereocenters. The number of carbonyl (C=O) groups excluding carboxylic acids is 1. The highest BCUT2D eigenvalue weighted by Gasteiger charge is 2.17. The summed E-state index contributed by atoms with van der Waals surface area (Å²) in [4.78, 5) is 12.5. The fraction of sp³-hybridized carbons (Fsp3) is 0.0500. The van der Waals surface area contributed by atoms with Gasteiger partial charge in [-0.3, -0.25) is 0 Å². The fourth-order valence-corrected chi connectivity index (χ4v) is 3.26. The Bertz CT molecular complexity index is 983. The number of nitrogens with one attached hydrogen (secondary N) is 2. The van der Waals surface area contributed by atoms with E-state index in [9.17, 15) is 13.2 Å². The van der Waals surface area contributed by atoms with Gasteiger partial charge in [-0.1, -0.05) is 66.7 Å². The molecule has 0 saturated heterocycles. The molecule has 0 bridgehead atoms. The average Bonchev–Trinajstić information content (AvgIpc) is 2.67. The Balaban J connectivity index is 1.82. The lowest BCUT2D eigenvalue weighted by molar-refractivity contribution is 0.250. The van der Waals surface area contributed by atoms with Crippen LogP contribution in [0.15, 0.2) is 89.8 Å². The summed E-state index contributed by atoms with van der Waals surface area (Å²) >= 11 is 0. The van der Waals surface area contributed by atoms with E-state index in [1.807, 2.05) is 60.7 Å². The zero-order chi connectivity index (χ0) is 19.3. The summed E-state index contributed by atoms with van der Waals surface area (Å²) in [5, 5.41) is 10.7. The molecular formula is C20H19N3O3S. The molecule has 0 spiro atoms. The molecular weight excluding hydrogens is 362 g/mol. The van der Waals surface area contributed by atoms with Crippen LogP contribution in [-0.4, -0.2) is 14.4 Å². The minimum Gasteiger partial charge on any atom is -0.327 e. The third kappa shape index (κ3) is 4.93. The highest BCUT2D eigenvalue weighted by Crippen LogP contribution is 2.22. The van der Waals surface area contributed by atoms with Gasteiger partial charge in [0.2, 0.25) is 10.0 Å². The number of rotatable bonds is 5. The van der Waals surface area contributed by atoms with Crippen molar-refractivity contribution >= 4 is 21.7 Å². The topological polar surface area (TPSA) is 101 Å². The molecule has 0 aliphatic carbocycles. The van der Waals surface area contributed by atoms with Gasteiger partial charge >= 0.3 is 6.03 Å². The lowest BCUT2D eigenvalue weighted by atomic mass is 9.99. The molecule has 0 atom stereocenters. The van der Waals surface area contributed by atoms with Crippen molar-refractivity contribution in [3.8, 4) is 0 Å². The number of amides is 2. The predicted octanol–water partition coefficient (Wildman–Crippen LogP) is 3.25. The summed E-state index contributed by atoms with van der Waals surface area (Å²) in [5.41, 5.74) is 2.19. The van der Waals surface area contributed by atoms with Crippen molar-refractivity contribution in [3.63, 3.8) is 0 Å². The number of sulfonamides is 1. The van der Waals surface area contributed by atoms with Gasteiger partial charge in [0.05, 0.1) is 10.9 Å². The molecule has 138 valence electrons. The molecule has 0 saturated carbocycles. The van der Waals surface area contributed by atoms with Crippen LogP contribution in [0.3, 0.4) is 0 Å². The van der Waals surface area contributed by atoms with Crippen LogP contribution >= 0.6 is 0 Å². The number of primary sulfonamides is 1. The van der Waals surface area contributed by atoms with E-state index in [0.29, 0.717) is 5.69 Å². The Morgan fingerprint density at radius 3 is 1.89 bits per heavy atom. The molecule has 4 N–H and O–H groups in total. The second-order valence-electron chi connectivity index (χ2n) is 5.93. The Labute approximate surface area is 158 Å². The van der Waals surface area contributed by atoms with E-state index in [4.69, 9.17) is 5.14 Å². The smallest absolute Gasteiger partial charge is 0.319 e. The van der Waals surface area contributed by atoms with Gasteiger partial charge < -0.3 is 10.6 Å². The first-order valence-corrected chi connectivity index (χ1v) is 9.78. The normalized spacial score (nSPS) is 11.2. The molecule has 27 heavy (non-hydrogen) atoms. The summed E-state index contributed by atoms with van der Waals surface area (Å²) in [6.45, 7) is 0. The first-order valence-electron chi connectivity index (χ1n) is 8.24. The van der Waals surface area contributed by atoms with E-state index in [0.717, 1.165) is 11.1 Å². The van der Waals surface area contributed by atoms with Crippen molar-refractivity contribution in [3.05, 3.63) is 96.1 Å². The molecule has 2 amide bonds. The molecule has 0 aliphatic rings. The number of hydrogen-bond donors (Lipinski definition) is 3. The molecule has 3 rings (SSSR count). The zero-order valence-corrected chi connectivity index (χ0v) is 15.2. The SMILES string of the molecule is NS(=O)(=O)c1cccc(NC(=O)NC(c2ccccc2)c2ccccc2)c1. The third-order valence-corrected chi connectivity index (χ3v) is 4.87. The molecule has 0 radical (unpaired) electrons. The highest BCUT2D eigenvalue weighted by atomic mass is 32.2. The number of benzene rings is 3. The summed E-state index contributed by atoms with van der Waals surface area (Å²) in [6.07, 6.45) is 0. The molecule has 3 aromatic rings. The van der Waals surface area contributed by atoms with Gasteiger partial charge in [-0.25, -0.2) is 18.4 Å². The average molecular weight is 381 g/mol. The summed E-state index contributed by atoms with van der Waals surface area (Å²) in [5.74, 6) is 0. The van der Waals surface area contributed by atoms with Gasteiger partial charge in [-0.2, -0.15) is 0 Å². The van der Waals surface area contributed by atoms with Gasteiger partial charge in [-0.15, -0.1) is 0 Å². The predicted molar refractivity (Wildman–Crippen MR) is 105 cm³/mol. The lowest BCUT2D eigenvalue weighted by Crippen LogP contribution is -2.33. The van der Waals surface area contributed by atoms with Crippen molar-refractivity contribution in [2.75, 3.05) is 5.32 Å². The summed E-state index contributed by atoms with van der Waals surface area (Å²) in [7, 11) is -3.84. The number of carbonyl (C=O) groups is 1. The Morgan fingerprint density at radius 1 is 0.815 bits per heavy atom. The van der Waals surface area contributed by atoms with Crippen LogP contribution in [0.25, 0.3) is 0 Å². The summed E-state index contributed by atoms with van der Waals surface area (Å²) in [6, 6.07) is 24.1. The van der Waals surface area contributed by atoms with Crippen LogP contribution in [0.1, 0.15) is 17.2 Å². The minimum absolute atomic E-state index is 0.0667. The second-order valence-corrected chi connectivity index (χ2v) is 7.49. The van der Waals surface area contributed by atoms with E-state index < -0.39 is 16.1 Å². The maximum Gasteiger partial charge on any atom is 0.319 e. The van der Waals surface area contributed by atoms with Crippen LogP contribution in [0.4, 0.5) is 10.5 Å². The van der Waals surface area contributed by atoms with Gasteiger partial charge in [0, 0.05) is 5.69 Å². The molecule has 0 fully saturated rings. The third-order valence-electron chi connectivity index (χ3n) is 3.96. The standard InChI is InChI=1S/C20H19N3O3S/c21-27(25,26)18-13-7-12-17(14-18)22-20(24)23-19(15-8-3-1-4-9-15)16-10-5-2-6-11-16/h1-14,19H,(H2,21,25,26)(H2,22,23,24). The number of nitrogens with two attached hydrogens (primary N) is 1. The van der Waals surface area contributed by atoms with Gasteiger partial charge in [-0.05, 0) is 29.3 Å². The first-order chi connectivity index (χ1) is 12.9. The van der Waals surface area contributed by atoms with Crippen molar-refractivity contribution in [2.45, 2.75) is 10.9 Å². The Morgan fingerprint density at radius 2 is 1.37 bits per heavy atom. The van der Waals surface area contributed by atoms with Crippen LogP contribution in [0.5, 0.6) is 0 Å². The molecule has 0 aliphatic heterocycles. The number of hydrogen-bond acceptors (Lipinski definition) is 3. The van der Waals surface area contributed by atoms with Gasteiger partial charge in [0.1, 0.15) is 0 Å². The van der Waals surface area contributed by atoms with Gasteiger partial charge in [0.25, 0.3) is 0 Å². The van der Waals surface area contributed by atoms with Crippen LogP contribution < -0.4 is 15.8 Å². The van der Waals surface area contributed by atoms with Crippen LogP contribution in [0.2, 0.25) is 0 Å². The lowest BCUT2D eigenvalue weighted by Gasteiger charge is -2.20. The summed E-state index contributed by atoms with van der Waals surface area (Å²) < 4.78 is 22.9. The molecule has 0 aromatic heterocycles.